The van der Waals surface area contributed by atoms with Gasteiger partial charge in [0.1, 0.15) is 0 Å². The molecule has 0 N–H and O–H groups in total. The number of para-hydroxylation sites is 2. The maximum absolute atomic E-state index is 14.9. The Morgan fingerprint density at radius 1 is 0.553 bits per heavy atom. The lowest BCUT2D eigenvalue weighted by Crippen LogP contribution is -2.09. The van der Waals surface area contributed by atoms with E-state index in [1.54, 1.807) is 31.2 Å². The third kappa shape index (κ3) is 4.27. The molecule has 0 aliphatic carbocycles. The molecule has 228 valence electrons. The number of fused-ring (bicyclic) bond motifs is 6. The monoisotopic (exact) mass is 619 g/mol. The lowest BCUT2D eigenvalue weighted by atomic mass is 9.94. The van der Waals surface area contributed by atoms with Gasteiger partial charge in [-0.15, -0.1) is 0 Å². The van der Waals surface area contributed by atoms with Gasteiger partial charge in [0.15, 0.2) is 0 Å². The average molecular weight is 620 g/mol. The number of benzene rings is 6. The van der Waals surface area contributed by atoms with E-state index in [1.807, 2.05) is 88.9 Å². The predicted molar refractivity (Wildman–Crippen MR) is 186 cm³/mol. The minimum atomic E-state index is -4.60. The van der Waals surface area contributed by atoms with E-state index in [2.05, 4.69) is 23.9 Å². The first-order valence-electron chi connectivity index (χ1n) is 15.4. The van der Waals surface area contributed by atoms with E-state index in [0.717, 1.165) is 54.7 Å². The van der Waals surface area contributed by atoms with Gasteiger partial charge >= 0.3 is 6.18 Å². The third-order valence-electron chi connectivity index (χ3n) is 9.28. The van der Waals surface area contributed by atoms with Crippen LogP contribution >= 0.6 is 0 Å². The van der Waals surface area contributed by atoms with Crippen LogP contribution in [0.1, 0.15) is 22.3 Å². The van der Waals surface area contributed by atoms with Gasteiger partial charge in [0, 0.05) is 32.8 Å². The van der Waals surface area contributed by atoms with Crippen molar-refractivity contribution in [1.82, 2.24) is 9.13 Å². The first-order valence-corrected chi connectivity index (χ1v) is 15.4. The zero-order valence-electron chi connectivity index (χ0n) is 25.9. The molecule has 6 heteroatoms. The average Bonchev–Trinajstić information content (AvgIpc) is 3.58. The summed E-state index contributed by atoms with van der Waals surface area (Å²) in [6.45, 7) is 14.2. The molecule has 0 spiro atoms. The standard InChI is InChI=1S/C41H28F3N3/c1-24-19-20-27(31(21-24)41(42,43)44)30-22-38(47-34-16-8-6-14-29(34)40-26(3)12-10-18-36(40)47)32(45-4)23-37(30)46-33-15-7-5-13-28(33)39-25(2)11-9-17-35(39)46/h5-23H,1-3H3. The number of hydrogen-bond acceptors (Lipinski definition) is 0. The van der Waals surface area contributed by atoms with E-state index >= 15 is 0 Å². The highest BCUT2D eigenvalue weighted by molar-refractivity contribution is 6.13. The molecular formula is C41H28F3N3. The fraction of sp³-hybridized carbons (Fsp3) is 0.0976. The first-order chi connectivity index (χ1) is 22.7. The molecule has 0 saturated heterocycles. The molecular weight excluding hydrogens is 591 g/mol. The number of alkyl halides is 3. The molecule has 2 aromatic heterocycles. The SMILES string of the molecule is [C-]#[N+]c1cc(-n2c3ccccc3c3c(C)cccc32)c(-c2ccc(C)cc2C(F)(F)F)cc1-n1c2ccccc2c2c(C)cccc21. The topological polar surface area (TPSA) is 14.2 Å². The van der Waals surface area contributed by atoms with E-state index < -0.39 is 11.7 Å². The molecule has 0 radical (unpaired) electrons. The highest BCUT2D eigenvalue weighted by Crippen LogP contribution is 2.46. The number of rotatable bonds is 3. The Bertz CT molecular complexity index is 2610. The van der Waals surface area contributed by atoms with E-state index in [-0.39, 0.29) is 5.56 Å². The maximum Gasteiger partial charge on any atom is 0.417 e. The van der Waals surface area contributed by atoms with Gasteiger partial charge in [0.2, 0.25) is 5.69 Å². The fourth-order valence-electron chi connectivity index (χ4n) is 7.28. The van der Waals surface area contributed by atoms with Crippen LogP contribution in [0.2, 0.25) is 0 Å². The van der Waals surface area contributed by atoms with Crippen molar-refractivity contribution in [1.29, 1.82) is 0 Å². The molecule has 8 rings (SSSR count). The van der Waals surface area contributed by atoms with Gasteiger partial charge in [-0.25, -0.2) is 4.85 Å². The Balaban J connectivity index is 1.58. The van der Waals surface area contributed by atoms with Gasteiger partial charge in [-0.1, -0.05) is 78.4 Å². The van der Waals surface area contributed by atoms with Gasteiger partial charge < -0.3 is 9.13 Å². The van der Waals surface area contributed by atoms with Crippen LogP contribution in [-0.4, -0.2) is 9.13 Å². The third-order valence-corrected chi connectivity index (χ3v) is 9.28. The summed E-state index contributed by atoms with van der Waals surface area (Å²) in [4.78, 5) is 4.02. The predicted octanol–water partition coefficient (Wildman–Crippen LogP) is 12.0. The van der Waals surface area contributed by atoms with Gasteiger partial charge in [-0.05, 0) is 79.9 Å². The number of hydrogen-bond donors (Lipinski definition) is 0. The van der Waals surface area contributed by atoms with Crippen LogP contribution < -0.4 is 0 Å². The zero-order valence-corrected chi connectivity index (χ0v) is 25.9. The van der Waals surface area contributed by atoms with Gasteiger partial charge in [0.05, 0.1) is 39.9 Å². The van der Waals surface area contributed by atoms with E-state index in [4.69, 9.17) is 6.57 Å². The molecule has 47 heavy (non-hydrogen) atoms. The molecule has 0 fully saturated rings. The second-order valence-corrected chi connectivity index (χ2v) is 12.2. The molecule has 6 aromatic carbocycles. The summed E-state index contributed by atoms with van der Waals surface area (Å²) < 4.78 is 48.6. The Hall–Kier alpha value is -5.80. The second-order valence-electron chi connectivity index (χ2n) is 12.2. The molecule has 3 nitrogen and oxygen atoms in total. The second kappa shape index (κ2) is 10.4. The summed E-state index contributed by atoms with van der Waals surface area (Å²) in [5, 5.41) is 4.10. The summed E-state index contributed by atoms with van der Waals surface area (Å²) in [6, 6.07) is 36.0. The van der Waals surface area contributed by atoms with Crippen molar-refractivity contribution >= 4 is 49.3 Å². The molecule has 0 amide bonds. The number of nitrogens with zero attached hydrogens (tertiary/aromatic N) is 3. The largest absolute Gasteiger partial charge is 0.417 e. The Morgan fingerprint density at radius 3 is 1.64 bits per heavy atom. The minimum Gasteiger partial charge on any atom is -0.319 e. The number of aromatic nitrogens is 2. The van der Waals surface area contributed by atoms with Crippen molar-refractivity contribution in [2.75, 3.05) is 0 Å². The van der Waals surface area contributed by atoms with Crippen LogP contribution in [0, 0.1) is 27.3 Å². The van der Waals surface area contributed by atoms with Gasteiger partial charge in [-0.2, -0.15) is 13.2 Å². The molecule has 0 unspecified atom stereocenters. The summed E-state index contributed by atoms with van der Waals surface area (Å²) in [5.74, 6) is 0. The minimum absolute atomic E-state index is 0.0615. The molecule has 0 aliphatic heterocycles. The van der Waals surface area contributed by atoms with Crippen LogP contribution in [0.15, 0.2) is 115 Å². The van der Waals surface area contributed by atoms with Crippen molar-refractivity contribution in [2.24, 2.45) is 0 Å². The highest BCUT2D eigenvalue weighted by atomic mass is 19.4. The van der Waals surface area contributed by atoms with Crippen molar-refractivity contribution in [3.63, 3.8) is 0 Å². The van der Waals surface area contributed by atoms with Crippen molar-refractivity contribution < 1.29 is 13.2 Å². The maximum atomic E-state index is 14.9. The Kier molecular flexibility index (Phi) is 6.32. The molecule has 0 aliphatic rings. The van der Waals surface area contributed by atoms with E-state index in [9.17, 15) is 13.2 Å². The van der Waals surface area contributed by atoms with Crippen LogP contribution in [0.25, 0.3) is 71.0 Å². The zero-order chi connectivity index (χ0) is 32.6. The van der Waals surface area contributed by atoms with E-state index in [0.29, 0.717) is 28.2 Å². The van der Waals surface area contributed by atoms with Crippen molar-refractivity contribution in [3.05, 3.63) is 149 Å². The fourth-order valence-corrected chi connectivity index (χ4v) is 7.28. The molecule has 0 saturated carbocycles. The smallest absolute Gasteiger partial charge is 0.319 e. The molecule has 0 bridgehead atoms. The summed E-state index contributed by atoms with van der Waals surface area (Å²) in [5.41, 5.74) is 7.28. The number of halogens is 3. The first kappa shape index (κ1) is 28.7. The van der Waals surface area contributed by atoms with Crippen molar-refractivity contribution in [2.45, 2.75) is 26.9 Å². The quantitative estimate of drug-likeness (QED) is 0.175. The van der Waals surface area contributed by atoms with Gasteiger partial charge in [-0.3, -0.25) is 0 Å². The van der Waals surface area contributed by atoms with E-state index in [1.165, 1.54) is 6.07 Å². The summed E-state index contributed by atoms with van der Waals surface area (Å²) >= 11 is 0. The van der Waals surface area contributed by atoms with Crippen LogP contribution in [0.3, 0.4) is 0 Å². The number of aryl methyl sites for hydroxylation is 3. The normalized spacial score (nSPS) is 12.0. The van der Waals surface area contributed by atoms with Crippen LogP contribution in [0.5, 0.6) is 0 Å². The lowest BCUT2D eigenvalue weighted by Gasteiger charge is -2.21. The summed E-state index contributed by atoms with van der Waals surface area (Å²) in [6.07, 6.45) is -4.60. The molecule has 8 aromatic rings. The summed E-state index contributed by atoms with van der Waals surface area (Å²) in [7, 11) is 0. The highest BCUT2D eigenvalue weighted by Gasteiger charge is 2.35. The lowest BCUT2D eigenvalue weighted by molar-refractivity contribution is -0.137. The molecule has 0 atom stereocenters. The molecule has 2 heterocycles. The van der Waals surface area contributed by atoms with Crippen molar-refractivity contribution in [3.8, 4) is 22.5 Å². The van der Waals surface area contributed by atoms with Crippen LogP contribution in [-0.2, 0) is 6.18 Å². The Labute approximate surface area is 269 Å². The van der Waals surface area contributed by atoms with Gasteiger partial charge in [0.25, 0.3) is 0 Å². The van der Waals surface area contributed by atoms with Crippen LogP contribution in [0.4, 0.5) is 18.9 Å². The Morgan fingerprint density at radius 2 is 1.09 bits per heavy atom.